The van der Waals surface area contributed by atoms with Crippen LogP contribution in [-0.4, -0.2) is 18.2 Å². The molecule has 0 unspecified atom stereocenters. The van der Waals surface area contributed by atoms with Gasteiger partial charge in [-0.25, -0.2) is 4.79 Å². The maximum absolute atomic E-state index is 10.6. The molecule has 0 aliphatic heterocycles. The highest BCUT2D eigenvalue weighted by Gasteiger charge is 2.05. The van der Waals surface area contributed by atoms with Crippen molar-refractivity contribution in [2.75, 3.05) is 7.11 Å². The van der Waals surface area contributed by atoms with Gasteiger partial charge in [-0.2, -0.15) is 0 Å². The number of thiophene rings is 1. The Morgan fingerprint density at radius 2 is 2.25 bits per heavy atom. The molecule has 1 N–H and O–H groups in total. The van der Waals surface area contributed by atoms with Gasteiger partial charge in [-0.05, 0) is 29.7 Å². The number of rotatable bonds is 6. The van der Waals surface area contributed by atoms with Crippen LogP contribution < -0.4 is 9.47 Å². The Bertz CT molecular complexity index is 602. The number of benzene rings is 1. The molecule has 104 valence electrons. The van der Waals surface area contributed by atoms with Crippen molar-refractivity contribution >= 4 is 23.4 Å². The third-order valence-electron chi connectivity index (χ3n) is 2.58. The summed E-state index contributed by atoms with van der Waals surface area (Å²) in [5.74, 6) is 0.263. The standard InChI is InChI=1S/C15H14O4S/c1-18-12-6-4-11(5-7-15(16)17)14(9-12)19-10-13-3-2-8-20-13/h2-9H,10H2,1H3,(H,16,17)/b7-5+. The van der Waals surface area contributed by atoms with E-state index in [1.165, 1.54) is 6.08 Å². The molecule has 0 aliphatic rings. The van der Waals surface area contributed by atoms with E-state index in [9.17, 15) is 4.79 Å². The molecule has 4 nitrogen and oxygen atoms in total. The Morgan fingerprint density at radius 1 is 1.40 bits per heavy atom. The van der Waals surface area contributed by atoms with Gasteiger partial charge in [0.2, 0.25) is 0 Å². The van der Waals surface area contributed by atoms with Gasteiger partial charge in [0.15, 0.2) is 0 Å². The van der Waals surface area contributed by atoms with Crippen molar-refractivity contribution in [1.29, 1.82) is 0 Å². The summed E-state index contributed by atoms with van der Waals surface area (Å²) in [5.41, 5.74) is 0.699. The van der Waals surface area contributed by atoms with E-state index in [1.807, 2.05) is 17.5 Å². The van der Waals surface area contributed by atoms with Gasteiger partial charge in [0.05, 0.1) is 7.11 Å². The Labute approximate surface area is 120 Å². The van der Waals surface area contributed by atoms with Crippen molar-refractivity contribution in [3.8, 4) is 11.5 Å². The lowest BCUT2D eigenvalue weighted by Gasteiger charge is -2.10. The van der Waals surface area contributed by atoms with E-state index in [1.54, 1.807) is 36.6 Å². The van der Waals surface area contributed by atoms with E-state index >= 15 is 0 Å². The zero-order valence-corrected chi connectivity index (χ0v) is 11.7. The number of hydrogen-bond donors (Lipinski definition) is 1. The number of ether oxygens (including phenoxy) is 2. The van der Waals surface area contributed by atoms with Gasteiger partial charge in [0.1, 0.15) is 18.1 Å². The third-order valence-corrected chi connectivity index (χ3v) is 3.43. The second-order valence-electron chi connectivity index (χ2n) is 3.94. The van der Waals surface area contributed by atoms with E-state index in [0.29, 0.717) is 23.7 Å². The first-order valence-corrected chi connectivity index (χ1v) is 6.81. The van der Waals surface area contributed by atoms with Crippen LogP contribution in [0.3, 0.4) is 0 Å². The summed E-state index contributed by atoms with van der Waals surface area (Å²) >= 11 is 1.61. The number of carboxylic acids is 1. The summed E-state index contributed by atoms with van der Waals surface area (Å²) in [6.45, 7) is 0.443. The van der Waals surface area contributed by atoms with Gasteiger partial charge < -0.3 is 14.6 Å². The molecule has 1 aromatic heterocycles. The third kappa shape index (κ3) is 3.86. The summed E-state index contributed by atoms with van der Waals surface area (Å²) < 4.78 is 10.9. The first-order chi connectivity index (χ1) is 9.69. The van der Waals surface area contributed by atoms with E-state index in [0.717, 1.165) is 11.0 Å². The maximum Gasteiger partial charge on any atom is 0.328 e. The lowest BCUT2D eigenvalue weighted by Crippen LogP contribution is -1.96. The number of hydrogen-bond acceptors (Lipinski definition) is 4. The van der Waals surface area contributed by atoms with Crippen molar-refractivity contribution < 1.29 is 19.4 Å². The van der Waals surface area contributed by atoms with Crippen LogP contribution in [0.1, 0.15) is 10.4 Å². The molecular weight excluding hydrogens is 276 g/mol. The molecule has 20 heavy (non-hydrogen) atoms. The van der Waals surface area contributed by atoms with Crippen LogP contribution in [0, 0.1) is 0 Å². The fraction of sp³-hybridized carbons (Fsp3) is 0.133. The molecular formula is C15H14O4S. The molecule has 0 aliphatic carbocycles. The molecule has 0 bridgehead atoms. The Balaban J connectivity index is 2.20. The second-order valence-corrected chi connectivity index (χ2v) is 4.98. The van der Waals surface area contributed by atoms with Crippen LogP contribution in [0.25, 0.3) is 6.08 Å². The monoisotopic (exact) mass is 290 g/mol. The van der Waals surface area contributed by atoms with Crippen molar-refractivity contribution in [3.05, 3.63) is 52.2 Å². The molecule has 1 aromatic carbocycles. The summed E-state index contributed by atoms with van der Waals surface area (Å²) in [7, 11) is 1.57. The van der Waals surface area contributed by atoms with Gasteiger partial charge in [-0.15, -0.1) is 11.3 Å². The minimum absolute atomic E-state index is 0.443. The topological polar surface area (TPSA) is 55.8 Å². The molecule has 5 heteroatoms. The van der Waals surface area contributed by atoms with Crippen LogP contribution >= 0.6 is 11.3 Å². The highest BCUT2D eigenvalue weighted by atomic mass is 32.1. The second kappa shape index (κ2) is 6.77. The number of carbonyl (C=O) groups is 1. The fourth-order valence-electron chi connectivity index (χ4n) is 1.61. The minimum Gasteiger partial charge on any atom is -0.497 e. The van der Waals surface area contributed by atoms with Gasteiger partial charge in [-0.1, -0.05) is 6.07 Å². The SMILES string of the molecule is COc1ccc(/C=C/C(=O)O)c(OCc2cccs2)c1. The highest BCUT2D eigenvalue weighted by molar-refractivity contribution is 7.09. The van der Waals surface area contributed by atoms with E-state index in [2.05, 4.69) is 0 Å². The Hall–Kier alpha value is -2.27. The molecule has 0 amide bonds. The Kier molecular flexibility index (Phi) is 4.79. The van der Waals surface area contributed by atoms with Crippen LogP contribution in [0.4, 0.5) is 0 Å². The summed E-state index contributed by atoms with van der Waals surface area (Å²) in [6.07, 6.45) is 2.59. The predicted molar refractivity (Wildman–Crippen MR) is 78.3 cm³/mol. The molecule has 2 aromatic rings. The number of methoxy groups -OCH3 is 1. The Morgan fingerprint density at radius 3 is 2.90 bits per heavy atom. The van der Waals surface area contributed by atoms with Gasteiger partial charge in [-0.3, -0.25) is 0 Å². The summed E-state index contributed by atoms with van der Waals surface area (Å²) in [6, 6.07) is 9.22. The molecule has 0 saturated heterocycles. The van der Waals surface area contributed by atoms with Crippen LogP contribution in [0.15, 0.2) is 41.8 Å². The highest BCUT2D eigenvalue weighted by Crippen LogP contribution is 2.27. The van der Waals surface area contributed by atoms with Crippen LogP contribution in [0.2, 0.25) is 0 Å². The first-order valence-electron chi connectivity index (χ1n) is 5.93. The van der Waals surface area contributed by atoms with Gasteiger partial charge in [0, 0.05) is 22.6 Å². The van der Waals surface area contributed by atoms with Crippen molar-refractivity contribution in [1.82, 2.24) is 0 Å². The zero-order chi connectivity index (χ0) is 14.4. The lowest BCUT2D eigenvalue weighted by atomic mass is 10.1. The summed E-state index contributed by atoms with van der Waals surface area (Å²) in [4.78, 5) is 11.7. The minimum atomic E-state index is -0.995. The molecule has 0 saturated carbocycles. The molecule has 0 spiro atoms. The number of aliphatic carboxylic acids is 1. The van der Waals surface area contributed by atoms with E-state index < -0.39 is 5.97 Å². The fourth-order valence-corrected chi connectivity index (χ4v) is 2.23. The van der Waals surface area contributed by atoms with Crippen molar-refractivity contribution in [2.24, 2.45) is 0 Å². The van der Waals surface area contributed by atoms with Gasteiger partial charge >= 0.3 is 5.97 Å². The van der Waals surface area contributed by atoms with Crippen molar-refractivity contribution in [2.45, 2.75) is 6.61 Å². The van der Waals surface area contributed by atoms with Crippen molar-refractivity contribution in [3.63, 3.8) is 0 Å². The van der Waals surface area contributed by atoms with Gasteiger partial charge in [0.25, 0.3) is 0 Å². The first kappa shape index (κ1) is 14.1. The van der Waals surface area contributed by atoms with E-state index in [-0.39, 0.29) is 0 Å². The average molecular weight is 290 g/mol. The zero-order valence-electron chi connectivity index (χ0n) is 10.9. The largest absolute Gasteiger partial charge is 0.497 e. The van der Waals surface area contributed by atoms with Crippen LogP contribution in [0.5, 0.6) is 11.5 Å². The predicted octanol–water partition coefficient (Wildman–Crippen LogP) is 3.43. The molecule has 1 heterocycles. The average Bonchev–Trinajstić information content (AvgIpc) is 2.96. The quantitative estimate of drug-likeness (QED) is 0.828. The maximum atomic E-state index is 10.6. The number of carboxylic acid groups (broad SMARTS) is 1. The molecule has 0 fully saturated rings. The smallest absolute Gasteiger partial charge is 0.328 e. The van der Waals surface area contributed by atoms with Crippen LogP contribution in [-0.2, 0) is 11.4 Å². The normalized spacial score (nSPS) is 10.7. The molecule has 2 rings (SSSR count). The van der Waals surface area contributed by atoms with E-state index in [4.69, 9.17) is 14.6 Å². The molecule has 0 radical (unpaired) electrons. The lowest BCUT2D eigenvalue weighted by molar-refractivity contribution is -0.131. The summed E-state index contributed by atoms with van der Waals surface area (Å²) in [5, 5.41) is 10.7. The molecule has 0 atom stereocenters.